The average Bonchev–Trinajstić information content (AvgIpc) is 2.72. The lowest BCUT2D eigenvalue weighted by molar-refractivity contribution is 0.118. The van der Waals surface area contributed by atoms with Gasteiger partial charge >= 0.3 is 0 Å². The van der Waals surface area contributed by atoms with Crippen LogP contribution in [-0.4, -0.2) is 47.5 Å². The fraction of sp³-hybridized carbons (Fsp3) is 0.933. The number of nitrogens with zero attached hydrogens (tertiary/aromatic N) is 2. The molecule has 0 amide bonds. The van der Waals surface area contributed by atoms with Gasteiger partial charge in [0.25, 0.3) is 0 Å². The van der Waals surface area contributed by atoms with Crippen molar-refractivity contribution in [2.75, 3.05) is 20.3 Å². The van der Waals surface area contributed by atoms with Gasteiger partial charge in [-0.25, -0.2) is 0 Å². The van der Waals surface area contributed by atoms with Gasteiger partial charge in [0, 0.05) is 29.9 Å². The van der Waals surface area contributed by atoms with E-state index in [0.29, 0.717) is 16.0 Å². The van der Waals surface area contributed by atoms with E-state index in [2.05, 4.69) is 38.9 Å². The van der Waals surface area contributed by atoms with Crippen LogP contribution in [0.3, 0.4) is 0 Å². The van der Waals surface area contributed by atoms with Crippen molar-refractivity contribution >= 4 is 18.0 Å². The van der Waals surface area contributed by atoms with Crippen LogP contribution in [0.2, 0.25) is 0 Å². The molecule has 1 saturated heterocycles. The van der Waals surface area contributed by atoms with Crippen molar-refractivity contribution in [2.24, 2.45) is 5.10 Å². The molecule has 112 valence electrons. The van der Waals surface area contributed by atoms with E-state index in [9.17, 15) is 0 Å². The molecule has 0 radical (unpaired) electrons. The van der Waals surface area contributed by atoms with E-state index in [1.807, 2.05) is 11.8 Å². The van der Waals surface area contributed by atoms with Crippen LogP contribution in [-0.2, 0) is 4.74 Å². The van der Waals surface area contributed by atoms with Crippen molar-refractivity contribution in [1.29, 1.82) is 0 Å². The minimum Gasteiger partial charge on any atom is -0.382 e. The van der Waals surface area contributed by atoms with Gasteiger partial charge < -0.3 is 4.74 Å². The fourth-order valence-corrected chi connectivity index (χ4v) is 3.77. The fourth-order valence-electron chi connectivity index (χ4n) is 2.40. The van der Waals surface area contributed by atoms with Crippen LogP contribution < -0.4 is 0 Å². The highest BCUT2D eigenvalue weighted by Gasteiger charge is 2.23. The number of hydrogen-bond donors (Lipinski definition) is 0. The number of methoxy groups -OCH3 is 1. The molecule has 0 N–H and O–H groups in total. The minimum absolute atomic E-state index is 0.294. The summed E-state index contributed by atoms with van der Waals surface area (Å²) in [5.41, 5.74) is 0. The standard InChI is InChI=1S/C15H30N2OS/c1-6-8-14(19-15(2,3)4)11-16-17-10-7-9-13(17)12-18-5/h11,13-14H,6-10,12H2,1-5H3/b16-11+/t13-,14-/m0/s1. The first-order chi connectivity index (χ1) is 8.96. The third kappa shape index (κ3) is 6.66. The molecule has 0 aromatic heterocycles. The average molecular weight is 286 g/mol. The van der Waals surface area contributed by atoms with Crippen LogP contribution >= 0.6 is 11.8 Å². The van der Waals surface area contributed by atoms with Crippen molar-refractivity contribution in [2.45, 2.75) is 69.4 Å². The van der Waals surface area contributed by atoms with Crippen LogP contribution in [0.5, 0.6) is 0 Å². The lowest BCUT2D eigenvalue weighted by atomic mass is 10.2. The van der Waals surface area contributed by atoms with Gasteiger partial charge in [-0.2, -0.15) is 5.10 Å². The van der Waals surface area contributed by atoms with Crippen LogP contribution in [0.15, 0.2) is 5.10 Å². The van der Waals surface area contributed by atoms with Gasteiger partial charge in [-0.05, 0) is 19.3 Å². The first kappa shape index (κ1) is 16.8. The summed E-state index contributed by atoms with van der Waals surface area (Å²) in [6, 6.07) is 0.475. The monoisotopic (exact) mass is 286 g/mol. The quantitative estimate of drug-likeness (QED) is 0.666. The van der Waals surface area contributed by atoms with Crippen molar-refractivity contribution in [3.05, 3.63) is 0 Å². The molecule has 1 heterocycles. The first-order valence-corrected chi connectivity index (χ1v) is 8.31. The highest BCUT2D eigenvalue weighted by Crippen LogP contribution is 2.30. The van der Waals surface area contributed by atoms with Crippen molar-refractivity contribution in [3.63, 3.8) is 0 Å². The Kier molecular flexibility index (Phi) is 7.22. The molecule has 1 aliphatic rings. The summed E-state index contributed by atoms with van der Waals surface area (Å²) >= 11 is 2.02. The molecule has 0 saturated carbocycles. The molecule has 0 bridgehead atoms. The van der Waals surface area contributed by atoms with Crippen LogP contribution in [0, 0.1) is 0 Å². The highest BCUT2D eigenvalue weighted by atomic mass is 32.2. The lowest BCUT2D eigenvalue weighted by Gasteiger charge is -2.25. The van der Waals surface area contributed by atoms with Gasteiger partial charge in [-0.15, -0.1) is 11.8 Å². The number of thioether (sulfide) groups is 1. The van der Waals surface area contributed by atoms with Crippen molar-refractivity contribution < 1.29 is 4.74 Å². The van der Waals surface area contributed by atoms with Gasteiger partial charge in [-0.1, -0.05) is 34.1 Å². The summed E-state index contributed by atoms with van der Waals surface area (Å²) in [5, 5.41) is 7.47. The second-order valence-corrected chi connectivity index (χ2v) is 8.30. The highest BCUT2D eigenvalue weighted by molar-refractivity contribution is 8.01. The van der Waals surface area contributed by atoms with Gasteiger partial charge in [-0.3, -0.25) is 5.01 Å². The smallest absolute Gasteiger partial charge is 0.0704 e. The number of ether oxygens (including phenoxy) is 1. The van der Waals surface area contributed by atoms with Gasteiger partial charge in [0.2, 0.25) is 0 Å². The van der Waals surface area contributed by atoms with Crippen LogP contribution in [0.25, 0.3) is 0 Å². The molecule has 4 heteroatoms. The second-order valence-electron chi connectivity index (χ2n) is 6.24. The molecule has 19 heavy (non-hydrogen) atoms. The predicted octanol–water partition coefficient (Wildman–Crippen LogP) is 3.78. The largest absolute Gasteiger partial charge is 0.382 e. The maximum atomic E-state index is 5.27. The van der Waals surface area contributed by atoms with E-state index < -0.39 is 0 Å². The Morgan fingerprint density at radius 1 is 1.47 bits per heavy atom. The molecule has 1 aliphatic heterocycles. The van der Waals surface area contributed by atoms with Crippen molar-refractivity contribution in [1.82, 2.24) is 5.01 Å². The Balaban J connectivity index is 2.54. The molecule has 0 aromatic rings. The summed E-state index contributed by atoms with van der Waals surface area (Å²) in [6.45, 7) is 10.9. The van der Waals surface area contributed by atoms with E-state index in [0.717, 1.165) is 13.2 Å². The Hall–Kier alpha value is -0.220. The summed E-state index contributed by atoms with van der Waals surface area (Å²) in [7, 11) is 1.77. The van der Waals surface area contributed by atoms with Crippen molar-refractivity contribution in [3.8, 4) is 0 Å². The summed E-state index contributed by atoms with van der Waals surface area (Å²) < 4.78 is 5.56. The van der Waals surface area contributed by atoms with E-state index in [4.69, 9.17) is 9.84 Å². The summed E-state index contributed by atoms with van der Waals surface area (Å²) in [4.78, 5) is 0. The zero-order chi connectivity index (χ0) is 14.3. The maximum Gasteiger partial charge on any atom is 0.0704 e. The molecular formula is C15H30N2OS. The predicted molar refractivity (Wildman–Crippen MR) is 86.1 cm³/mol. The first-order valence-electron chi connectivity index (χ1n) is 7.43. The van der Waals surface area contributed by atoms with Gasteiger partial charge in [0.05, 0.1) is 12.6 Å². The normalized spacial score (nSPS) is 22.4. The molecule has 0 unspecified atom stereocenters. The zero-order valence-corrected chi connectivity index (χ0v) is 14.0. The molecule has 0 aliphatic carbocycles. The Labute approximate surface area is 123 Å². The van der Waals surface area contributed by atoms with Crippen LogP contribution in [0.1, 0.15) is 53.4 Å². The Morgan fingerprint density at radius 3 is 2.79 bits per heavy atom. The van der Waals surface area contributed by atoms with E-state index >= 15 is 0 Å². The van der Waals surface area contributed by atoms with E-state index in [1.165, 1.54) is 25.7 Å². The second kappa shape index (κ2) is 8.15. The lowest BCUT2D eigenvalue weighted by Crippen LogP contribution is -2.29. The summed E-state index contributed by atoms with van der Waals surface area (Å²) in [5.74, 6) is 0. The Bertz CT molecular complexity index is 276. The SMILES string of the molecule is CCC[C@@H](/C=N/N1CCC[C@H]1COC)SC(C)(C)C. The molecule has 0 aromatic carbocycles. The number of hydrogen-bond acceptors (Lipinski definition) is 4. The third-order valence-corrected chi connectivity index (χ3v) is 4.53. The summed E-state index contributed by atoms with van der Waals surface area (Å²) in [6.07, 6.45) is 7.01. The molecule has 3 nitrogen and oxygen atoms in total. The molecular weight excluding hydrogens is 256 g/mol. The molecule has 1 rings (SSSR count). The Morgan fingerprint density at radius 2 is 2.21 bits per heavy atom. The minimum atomic E-state index is 0.294. The van der Waals surface area contributed by atoms with E-state index in [1.54, 1.807) is 7.11 Å². The topological polar surface area (TPSA) is 24.8 Å². The molecule has 0 spiro atoms. The third-order valence-electron chi connectivity index (χ3n) is 3.16. The van der Waals surface area contributed by atoms with Gasteiger partial charge in [0.1, 0.15) is 0 Å². The molecule has 1 fully saturated rings. The molecule has 2 atom stereocenters. The number of rotatable bonds is 7. The number of hydrazone groups is 1. The maximum absolute atomic E-state index is 5.27. The van der Waals surface area contributed by atoms with Gasteiger partial charge in [0.15, 0.2) is 0 Å². The van der Waals surface area contributed by atoms with Crippen LogP contribution in [0.4, 0.5) is 0 Å². The van der Waals surface area contributed by atoms with E-state index in [-0.39, 0.29) is 0 Å². The zero-order valence-electron chi connectivity index (χ0n) is 13.2.